The van der Waals surface area contributed by atoms with E-state index in [4.69, 9.17) is 4.74 Å². The van der Waals surface area contributed by atoms with Crippen LogP contribution in [0.2, 0.25) is 0 Å². The van der Waals surface area contributed by atoms with Crippen LogP contribution in [0.15, 0.2) is 42.5 Å². The number of benzene rings is 2. The minimum Gasteiger partial charge on any atom is -0.496 e. The van der Waals surface area contributed by atoms with Gasteiger partial charge in [0, 0.05) is 13.5 Å². The van der Waals surface area contributed by atoms with Crippen LogP contribution >= 0.6 is 0 Å². The highest BCUT2D eigenvalue weighted by Crippen LogP contribution is 2.19. The lowest BCUT2D eigenvalue weighted by atomic mass is 10.1. The highest BCUT2D eigenvalue weighted by Gasteiger charge is 2.17. The zero-order valence-corrected chi connectivity index (χ0v) is 14.6. The van der Waals surface area contributed by atoms with Crippen molar-refractivity contribution >= 4 is 17.5 Å². The second-order valence-electron chi connectivity index (χ2n) is 5.65. The van der Waals surface area contributed by atoms with E-state index in [1.165, 1.54) is 17.9 Å². The van der Waals surface area contributed by atoms with Gasteiger partial charge in [-0.15, -0.1) is 0 Å². The molecule has 0 atom stereocenters. The zero-order chi connectivity index (χ0) is 19.1. The molecule has 0 unspecified atom stereocenters. The number of carbonyl (C=O) groups is 2. The summed E-state index contributed by atoms with van der Waals surface area (Å²) in [6.45, 7) is 1.29. The molecule has 0 aliphatic heterocycles. The Labute approximate surface area is 150 Å². The maximum atomic E-state index is 13.6. The Morgan fingerprint density at radius 1 is 1.08 bits per heavy atom. The SMILES string of the molecule is COc1ccccc1CCN(CC(=O)Nc1c(F)cccc1F)C(C)=O. The summed E-state index contributed by atoms with van der Waals surface area (Å²) in [4.78, 5) is 25.2. The third-order valence-electron chi connectivity index (χ3n) is 3.85. The van der Waals surface area contributed by atoms with E-state index in [9.17, 15) is 18.4 Å². The summed E-state index contributed by atoms with van der Waals surface area (Å²) < 4.78 is 32.5. The average molecular weight is 362 g/mol. The van der Waals surface area contributed by atoms with Crippen LogP contribution in [0.3, 0.4) is 0 Å². The Kier molecular flexibility index (Phi) is 6.66. The van der Waals surface area contributed by atoms with E-state index in [0.717, 1.165) is 17.7 Å². The molecule has 0 heterocycles. The fourth-order valence-electron chi connectivity index (χ4n) is 2.48. The average Bonchev–Trinajstić information content (AvgIpc) is 2.61. The molecule has 2 aromatic rings. The molecule has 0 saturated heterocycles. The molecule has 0 radical (unpaired) electrons. The van der Waals surface area contributed by atoms with E-state index < -0.39 is 23.2 Å². The van der Waals surface area contributed by atoms with Crippen molar-refractivity contribution in [2.75, 3.05) is 25.5 Å². The van der Waals surface area contributed by atoms with Crippen molar-refractivity contribution in [2.45, 2.75) is 13.3 Å². The number of carbonyl (C=O) groups excluding carboxylic acids is 2. The van der Waals surface area contributed by atoms with Crippen LogP contribution < -0.4 is 10.1 Å². The molecule has 1 N–H and O–H groups in total. The van der Waals surface area contributed by atoms with Gasteiger partial charge in [0.05, 0.1) is 13.7 Å². The molecule has 2 rings (SSSR count). The first-order valence-electron chi connectivity index (χ1n) is 8.03. The number of methoxy groups -OCH3 is 1. The summed E-state index contributed by atoms with van der Waals surface area (Å²) in [7, 11) is 1.55. The first kappa shape index (κ1) is 19.4. The van der Waals surface area contributed by atoms with Crippen molar-refractivity contribution in [3.8, 4) is 5.75 Å². The van der Waals surface area contributed by atoms with Crippen LogP contribution in [0.25, 0.3) is 0 Å². The van der Waals surface area contributed by atoms with E-state index >= 15 is 0 Å². The summed E-state index contributed by atoms with van der Waals surface area (Å²) in [5.74, 6) is -2.05. The van der Waals surface area contributed by atoms with Crippen LogP contribution in [0, 0.1) is 11.6 Å². The van der Waals surface area contributed by atoms with E-state index in [1.807, 2.05) is 18.2 Å². The van der Waals surface area contributed by atoms with Crippen molar-refractivity contribution < 1.29 is 23.1 Å². The summed E-state index contributed by atoms with van der Waals surface area (Å²) >= 11 is 0. The van der Waals surface area contributed by atoms with Gasteiger partial charge >= 0.3 is 0 Å². The summed E-state index contributed by atoms with van der Waals surface area (Å²) in [6, 6.07) is 10.7. The monoisotopic (exact) mass is 362 g/mol. The Hall–Kier alpha value is -2.96. The number of rotatable bonds is 7. The number of hydrogen-bond acceptors (Lipinski definition) is 3. The molecular formula is C19H20F2N2O3. The smallest absolute Gasteiger partial charge is 0.244 e. The molecule has 0 aliphatic carbocycles. The lowest BCUT2D eigenvalue weighted by Crippen LogP contribution is -2.38. The van der Waals surface area contributed by atoms with Gasteiger partial charge in [-0.3, -0.25) is 9.59 Å². The number of hydrogen-bond donors (Lipinski definition) is 1. The number of nitrogens with zero attached hydrogens (tertiary/aromatic N) is 1. The second-order valence-corrected chi connectivity index (χ2v) is 5.65. The summed E-state index contributed by atoms with van der Waals surface area (Å²) in [6.07, 6.45) is 0.477. The van der Waals surface area contributed by atoms with Crippen LogP contribution in [0.4, 0.5) is 14.5 Å². The maximum Gasteiger partial charge on any atom is 0.244 e. The van der Waals surface area contributed by atoms with Crippen molar-refractivity contribution in [1.29, 1.82) is 0 Å². The normalized spacial score (nSPS) is 10.3. The fourth-order valence-corrected chi connectivity index (χ4v) is 2.48. The van der Waals surface area contributed by atoms with Gasteiger partial charge in [-0.1, -0.05) is 24.3 Å². The Bertz CT molecular complexity index is 776. The molecule has 2 aromatic carbocycles. The van der Waals surface area contributed by atoms with E-state index in [0.29, 0.717) is 12.2 Å². The van der Waals surface area contributed by atoms with E-state index in [1.54, 1.807) is 13.2 Å². The highest BCUT2D eigenvalue weighted by molar-refractivity contribution is 5.94. The molecule has 0 fully saturated rings. The van der Waals surface area contributed by atoms with Gasteiger partial charge in [0.1, 0.15) is 23.1 Å². The third kappa shape index (κ3) is 5.02. The number of amides is 2. The highest BCUT2D eigenvalue weighted by atomic mass is 19.1. The van der Waals surface area contributed by atoms with Gasteiger partial charge < -0.3 is 15.0 Å². The lowest BCUT2D eigenvalue weighted by Gasteiger charge is -2.21. The molecule has 0 saturated carbocycles. The van der Waals surface area contributed by atoms with Gasteiger partial charge in [0.2, 0.25) is 11.8 Å². The number of nitrogens with one attached hydrogen (secondary N) is 1. The molecule has 0 aliphatic rings. The number of ether oxygens (including phenoxy) is 1. The summed E-state index contributed by atoms with van der Waals surface area (Å²) in [5, 5.41) is 2.18. The van der Waals surface area contributed by atoms with Crippen molar-refractivity contribution in [2.24, 2.45) is 0 Å². The fraction of sp³-hybridized carbons (Fsp3) is 0.263. The minimum absolute atomic E-state index is 0.267. The Balaban J connectivity index is 2.01. The Morgan fingerprint density at radius 2 is 1.73 bits per heavy atom. The topological polar surface area (TPSA) is 58.6 Å². The van der Waals surface area contributed by atoms with Gasteiger partial charge in [-0.25, -0.2) is 8.78 Å². The van der Waals surface area contributed by atoms with Crippen LogP contribution in [-0.2, 0) is 16.0 Å². The van der Waals surface area contributed by atoms with Gasteiger partial charge in [-0.05, 0) is 30.2 Å². The molecule has 5 nitrogen and oxygen atoms in total. The van der Waals surface area contributed by atoms with E-state index in [-0.39, 0.29) is 19.0 Å². The molecule has 26 heavy (non-hydrogen) atoms. The van der Waals surface area contributed by atoms with Crippen molar-refractivity contribution in [3.05, 3.63) is 59.7 Å². The van der Waals surface area contributed by atoms with Crippen LogP contribution in [0.5, 0.6) is 5.75 Å². The maximum absolute atomic E-state index is 13.6. The minimum atomic E-state index is -0.873. The Morgan fingerprint density at radius 3 is 2.35 bits per heavy atom. The first-order valence-corrected chi connectivity index (χ1v) is 8.03. The predicted molar refractivity (Wildman–Crippen MR) is 93.9 cm³/mol. The van der Waals surface area contributed by atoms with Crippen LogP contribution in [-0.4, -0.2) is 36.9 Å². The number of anilines is 1. The van der Waals surface area contributed by atoms with Gasteiger partial charge in [-0.2, -0.15) is 0 Å². The molecular weight excluding hydrogens is 342 g/mol. The third-order valence-corrected chi connectivity index (χ3v) is 3.85. The quantitative estimate of drug-likeness (QED) is 0.824. The summed E-state index contributed by atoms with van der Waals surface area (Å²) in [5.41, 5.74) is 0.368. The van der Waals surface area contributed by atoms with Crippen molar-refractivity contribution in [1.82, 2.24) is 4.90 Å². The zero-order valence-electron chi connectivity index (χ0n) is 14.6. The van der Waals surface area contributed by atoms with Crippen LogP contribution in [0.1, 0.15) is 12.5 Å². The molecule has 0 bridgehead atoms. The molecule has 0 spiro atoms. The molecule has 7 heteroatoms. The molecule has 2 amide bonds. The standard InChI is InChI=1S/C19H20F2N2O3/c1-13(24)23(11-10-14-6-3-4-9-17(14)26-2)12-18(25)22-19-15(20)7-5-8-16(19)21/h3-9H,10-12H2,1-2H3,(H,22,25). The molecule has 0 aromatic heterocycles. The van der Waals surface area contributed by atoms with Crippen molar-refractivity contribution in [3.63, 3.8) is 0 Å². The van der Waals surface area contributed by atoms with Gasteiger partial charge in [0.15, 0.2) is 0 Å². The van der Waals surface area contributed by atoms with E-state index in [2.05, 4.69) is 5.32 Å². The van der Waals surface area contributed by atoms with Gasteiger partial charge in [0.25, 0.3) is 0 Å². The first-order chi connectivity index (χ1) is 12.4. The molecule has 138 valence electrons. The number of halogens is 2. The predicted octanol–water partition coefficient (Wildman–Crippen LogP) is 3.00. The lowest BCUT2D eigenvalue weighted by molar-refractivity contribution is -0.132. The number of para-hydroxylation sites is 2. The second kappa shape index (κ2) is 8.94. The largest absolute Gasteiger partial charge is 0.496 e.